The molecular formula is C24H28N2O7. The molecule has 2 amide bonds. The van der Waals surface area contributed by atoms with Crippen LogP contribution in [0.5, 0.6) is 5.75 Å². The van der Waals surface area contributed by atoms with Crippen LogP contribution in [0.4, 0.5) is 10.5 Å². The molecular weight excluding hydrogens is 428 g/mol. The number of nitrogens with one attached hydrogen (secondary N) is 2. The van der Waals surface area contributed by atoms with Crippen molar-refractivity contribution in [1.82, 2.24) is 5.48 Å². The highest BCUT2D eigenvalue weighted by Crippen LogP contribution is 2.32. The molecule has 0 spiro atoms. The van der Waals surface area contributed by atoms with Crippen LogP contribution >= 0.6 is 0 Å². The smallest absolute Gasteiger partial charge is 0.412 e. The summed E-state index contributed by atoms with van der Waals surface area (Å²) in [6.07, 6.45) is 3.01. The van der Waals surface area contributed by atoms with E-state index < -0.39 is 18.1 Å². The number of hydroxylamine groups is 1. The predicted molar refractivity (Wildman–Crippen MR) is 121 cm³/mol. The predicted octanol–water partition coefficient (Wildman–Crippen LogP) is 3.78. The maximum atomic E-state index is 12.6. The van der Waals surface area contributed by atoms with Gasteiger partial charge in [0, 0.05) is 22.9 Å². The number of amides is 2. The van der Waals surface area contributed by atoms with Crippen LogP contribution in [0.25, 0.3) is 0 Å². The second kappa shape index (κ2) is 13.7. The van der Waals surface area contributed by atoms with Gasteiger partial charge in [-0.05, 0) is 56.5 Å². The number of carbonyl (C=O) groups is 3. The Morgan fingerprint density at radius 1 is 1.09 bits per heavy atom. The van der Waals surface area contributed by atoms with Crippen LogP contribution in [0.1, 0.15) is 48.2 Å². The number of aliphatic hydroxyl groups is 1. The quantitative estimate of drug-likeness (QED) is 0.126. The molecule has 9 nitrogen and oxygen atoms in total. The van der Waals surface area contributed by atoms with Gasteiger partial charge in [-0.2, -0.15) is 0 Å². The largest absolute Gasteiger partial charge is 0.491 e. The summed E-state index contributed by atoms with van der Waals surface area (Å²) in [5, 5.41) is 20.3. The minimum atomic E-state index is -0.678. The summed E-state index contributed by atoms with van der Waals surface area (Å²) in [4.78, 5) is 35.1. The Balaban J connectivity index is 2.11. The summed E-state index contributed by atoms with van der Waals surface area (Å²) in [7, 11) is 0. The molecule has 0 fully saturated rings. The molecule has 0 aliphatic rings. The van der Waals surface area contributed by atoms with E-state index in [1.807, 2.05) is 0 Å². The van der Waals surface area contributed by atoms with Crippen molar-refractivity contribution < 1.29 is 34.2 Å². The SMILES string of the molecule is CC(=O)c1ccc(NC(=O)O[C@@H](CCC/C=C/C(=O)NO)c2ccccc2OCCO)cc1. The number of aliphatic hydroxyl groups excluding tert-OH is 1. The van der Waals surface area contributed by atoms with Crippen LogP contribution in [0.15, 0.2) is 60.7 Å². The number of allylic oxidation sites excluding steroid dienone is 1. The van der Waals surface area contributed by atoms with Gasteiger partial charge < -0.3 is 14.6 Å². The Kier molecular flexibility index (Phi) is 10.6. The number of unbranched alkanes of at least 4 members (excludes halogenated alkanes) is 1. The molecule has 0 aliphatic heterocycles. The molecule has 2 aromatic rings. The lowest BCUT2D eigenvalue weighted by atomic mass is 10.0. The van der Waals surface area contributed by atoms with Gasteiger partial charge in [0.25, 0.3) is 5.91 Å². The lowest BCUT2D eigenvalue weighted by molar-refractivity contribution is -0.124. The Hall–Kier alpha value is -3.69. The van der Waals surface area contributed by atoms with E-state index in [-0.39, 0.29) is 19.0 Å². The van der Waals surface area contributed by atoms with E-state index >= 15 is 0 Å². The molecule has 1 atom stereocenters. The maximum Gasteiger partial charge on any atom is 0.412 e. The highest BCUT2D eigenvalue weighted by atomic mass is 16.6. The number of anilines is 1. The van der Waals surface area contributed by atoms with Gasteiger partial charge in [-0.3, -0.25) is 20.1 Å². The van der Waals surface area contributed by atoms with Crippen molar-refractivity contribution in [2.45, 2.75) is 32.3 Å². The lowest BCUT2D eigenvalue weighted by Crippen LogP contribution is -2.18. The Morgan fingerprint density at radius 3 is 2.48 bits per heavy atom. The second-order valence-electron chi connectivity index (χ2n) is 7.07. The molecule has 0 aromatic heterocycles. The first-order valence-corrected chi connectivity index (χ1v) is 10.5. The summed E-state index contributed by atoms with van der Waals surface area (Å²) >= 11 is 0. The standard InChI is InChI=1S/C24H28N2O7/c1-17(28)18-11-13-19(14-12-18)25-24(30)33-22(9-3-2-4-10-23(29)26-31)20-7-5-6-8-21(20)32-16-15-27/h4-8,10-14,22,27,31H,2-3,9,15-16H2,1H3,(H,25,30)(H,26,29)/b10-4+/t22-/m0/s1. The van der Waals surface area contributed by atoms with Crippen molar-refractivity contribution in [2.75, 3.05) is 18.5 Å². The molecule has 0 radical (unpaired) electrons. The molecule has 176 valence electrons. The minimum Gasteiger partial charge on any atom is -0.491 e. The molecule has 2 aromatic carbocycles. The van der Waals surface area contributed by atoms with Gasteiger partial charge in [-0.1, -0.05) is 24.3 Å². The third kappa shape index (κ3) is 8.76. The number of rotatable bonds is 12. The van der Waals surface area contributed by atoms with E-state index in [9.17, 15) is 14.4 Å². The number of ketones is 1. The molecule has 4 N–H and O–H groups in total. The van der Waals surface area contributed by atoms with Crippen molar-refractivity contribution in [2.24, 2.45) is 0 Å². The molecule has 0 saturated heterocycles. The zero-order valence-corrected chi connectivity index (χ0v) is 18.3. The van der Waals surface area contributed by atoms with E-state index in [1.54, 1.807) is 54.6 Å². The van der Waals surface area contributed by atoms with Crippen molar-refractivity contribution in [3.05, 3.63) is 71.8 Å². The first-order chi connectivity index (χ1) is 15.9. The third-order valence-electron chi connectivity index (χ3n) is 4.62. The van der Waals surface area contributed by atoms with Crippen LogP contribution in [-0.4, -0.2) is 41.3 Å². The molecule has 0 aliphatic carbocycles. The number of ether oxygens (including phenoxy) is 2. The van der Waals surface area contributed by atoms with Crippen molar-refractivity contribution in [3.8, 4) is 5.75 Å². The summed E-state index contributed by atoms with van der Waals surface area (Å²) in [5.74, 6) is -0.208. The molecule has 33 heavy (non-hydrogen) atoms. The fraction of sp³-hybridized carbons (Fsp3) is 0.292. The van der Waals surface area contributed by atoms with Crippen LogP contribution in [0.2, 0.25) is 0 Å². The zero-order chi connectivity index (χ0) is 24.1. The molecule has 0 bridgehead atoms. The van der Waals surface area contributed by atoms with Crippen LogP contribution in [0.3, 0.4) is 0 Å². The Labute approximate surface area is 192 Å². The van der Waals surface area contributed by atoms with Gasteiger partial charge in [0.15, 0.2) is 5.78 Å². The second-order valence-corrected chi connectivity index (χ2v) is 7.07. The van der Waals surface area contributed by atoms with Gasteiger partial charge in [0.05, 0.1) is 6.61 Å². The minimum absolute atomic E-state index is 0.0748. The van der Waals surface area contributed by atoms with E-state index in [4.69, 9.17) is 19.8 Å². The number of carbonyl (C=O) groups excluding carboxylic acids is 3. The topological polar surface area (TPSA) is 134 Å². The number of para-hydroxylation sites is 1. The van der Waals surface area contributed by atoms with Gasteiger partial charge in [0.2, 0.25) is 0 Å². The van der Waals surface area contributed by atoms with Gasteiger partial charge >= 0.3 is 6.09 Å². The van der Waals surface area contributed by atoms with Crippen molar-refractivity contribution in [3.63, 3.8) is 0 Å². The normalized spacial score (nSPS) is 11.6. The Bertz CT molecular complexity index is 958. The number of hydrogen-bond acceptors (Lipinski definition) is 7. The maximum absolute atomic E-state index is 12.6. The highest BCUT2D eigenvalue weighted by molar-refractivity contribution is 5.95. The number of benzene rings is 2. The average Bonchev–Trinajstić information content (AvgIpc) is 2.82. The average molecular weight is 456 g/mol. The molecule has 0 unspecified atom stereocenters. The number of Topliss-reactive ketones (excluding diaryl/α,β-unsaturated/α-hetero) is 1. The molecule has 0 heterocycles. The van der Waals surface area contributed by atoms with E-state index in [1.165, 1.54) is 18.5 Å². The fourth-order valence-electron chi connectivity index (χ4n) is 3.03. The van der Waals surface area contributed by atoms with E-state index in [2.05, 4.69) is 5.32 Å². The van der Waals surface area contributed by atoms with Gasteiger partial charge in [-0.25, -0.2) is 10.3 Å². The summed E-state index contributed by atoms with van der Waals surface area (Å²) < 4.78 is 11.3. The fourth-order valence-corrected chi connectivity index (χ4v) is 3.03. The van der Waals surface area contributed by atoms with E-state index in [0.29, 0.717) is 41.8 Å². The first-order valence-electron chi connectivity index (χ1n) is 10.5. The van der Waals surface area contributed by atoms with Crippen LogP contribution in [-0.2, 0) is 9.53 Å². The first kappa shape index (κ1) is 25.6. The van der Waals surface area contributed by atoms with Crippen LogP contribution in [0, 0.1) is 0 Å². The summed E-state index contributed by atoms with van der Waals surface area (Å²) in [6.45, 7) is 1.40. The molecule has 2 rings (SSSR count). The monoisotopic (exact) mass is 456 g/mol. The van der Waals surface area contributed by atoms with Crippen molar-refractivity contribution in [1.29, 1.82) is 0 Å². The highest BCUT2D eigenvalue weighted by Gasteiger charge is 2.20. The lowest BCUT2D eigenvalue weighted by Gasteiger charge is -2.21. The zero-order valence-electron chi connectivity index (χ0n) is 18.3. The van der Waals surface area contributed by atoms with Gasteiger partial charge in [-0.15, -0.1) is 0 Å². The molecule has 0 saturated carbocycles. The van der Waals surface area contributed by atoms with Crippen LogP contribution < -0.4 is 15.5 Å². The van der Waals surface area contributed by atoms with Crippen molar-refractivity contribution >= 4 is 23.5 Å². The third-order valence-corrected chi connectivity index (χ3v) is 4.62. The summed E-state index contributed by atoms with van der Waals surface area (Å²) in [6, 6.07) is 13.5. The summed E-state index contributed by atoms with van der Waals surface area (Å²) in [5.41, 5.74) is 3.17. The molecule has 9 heteroatoms. The Morgan fingerprint density at radius 2 is 1.82 bits per heavy atom. The van der Waals surface area contributed by atoms with Gasteiger partial charge in [0.1, 0.15) is 18.5 Å². The number of hydrogen-bond donors (Lipinski definition) is 4. The van der Waals surface area contributed by atoms with E-state index in [0.717, 1.165) is 0 Å².